The molecular formula is C23H31N3O5S. The van der Waals surface area contributed by atoms with Gasteiger partial charge in [0.15, 0.2) is 0 Å². The molecule has 1 atom stereocenters. The number of nitrogens with zero attached hydrogens (tertiary/aromatic N) is 1. The third kappa shape index (κ3) is 6.88. The van der Waals surface area contributed by atoms with Gasteiger partial charge in [-0.2, -0.15) is 0 Å². The molecule has 4 N–H and O–H groups in total. The summed E-state index contributed by atoms with van der Waals surface area (Å²) >= 11 is 0. The minimum Gasteiger partial charge on any atom is -0.384 e. The van der Waals surface area contributed by atoms with Crippen molar-refractivity contribution >= 4 is 21.8 Å². The Morgan fingerprint density at radius 2 is 1.78 bits per heavy atom. The minimum absolute atomic E-state index is 0.0617. The van der Waals surface area contributed by atoms with Crippen LogP contribution in [-0.4, -0.2) is 49.4 Å². The Bertz CT molecular complexity index is 1020. The first-order valence-electron chi connectivity index (χ1n) is 10.6. The van der Waals surface area contributed by atoms with Crippen LogP contribution in [0.3, 0.4) is 0 Å². The Morgan fingerprint density at radius 1 is 1.12 bits per heavy atom. The Kier molecular flexibility index (Phi) is 9.37. The Hall–Kier alpha value is -2.75. The van der Waals surface area contributed by atoms with E-state index in [4.69, 9.17) is 5.73 Å². The normalized spacial score (nSPS) is 12.2. The van der Waals surface area contributed by atoms with Crippen molar-refractivity contribution in [2.45, 2.75) is 50.7 Å². The number of carbonyl (C=O) groups excluding carboxylic acids is 2. The van der Waals surface area contributed by atoms with E-state index in [-0.39, 0.29) is 10.8 Å². The first kappa shape index (κ1) is 25.5. The summed E-state index contributed by atoms with van der Waals surface area (Å²) in [6, 6.07) is 13.5. The molecule has 0 aliphatic heterocycles. The fraction of sp³-hybridized carbons (Fsp3) is 0.391. The number of hydrogen-bond acceptors (Lipinski definition) is 6. The number of rotatable bonds is 11. The quantitative estimate of drug-likeness (QED) is 0.469. The van der Waals surface area contributed by atoms with E-state index in [1.807, 2.05) is 23.8 Å². The van der Waals surface area contributed by atoms with Gasteiger partial charge < -0.3 is 15.7 Å². The molecule has 0 aliphatic rings. The van der Waals surface area contributed by atoms with E-state index < -0.39 is 22.0 Å². The molecule has 0 aliphatic carbocycles. The summed E-state index contributed by atoms with van der Waals surface area (Å²) in [7, 11) is -4.17. The maximum Gasteiger partial charge on any atom is 0.264 e. The summed E-state index contributed by atoms with van der Waals surface area (Å²) in [4.78, 5) is 25.8. The molecule has 0 saturated heterocycles. The Balaban J connectivity index is 2.26. The highest BCUT2D eigenvalue weighted by atomic mass is 32.2. The third-order valence-electron chi connectivity index (χ3n) is 4.93. The molecule has 0 unspecified atom stereocenters. The monoisotopic (exact) mass is 461 g/mol. The number of carbonyl (C=O) groups is 2. The zero-order chi connectivity index (χ0) is 23.7. The summed E-state index contributed by atoms with van der Waals surface area (Å²) in [6.07, 6.45) is 0.803. The third-order valence-corrected chi connectivity index (χ3v) is 6.33. The second kappa shape index (κ2) is 11.8. The molecule has 0 saturated carbocycles. The van der Waals surface area contributed by atoms with E-state index in [0.717, 1.165) is 18.4 Å². The summed E-state index contributed by atoms with van der Waals surface area (Å²) in [5.74, 6) is -0.936. The Morgan fingerprint density at radius 3 is 2.38 bits per heavy atom. The predicted octanol–water partition coefficient (Wildman–Crippen LogP) is 2.02. The van der Waals surface area contributed by atoms with E-state index in [9.17, 15) is 23.1 Å². The fourth-order valence-corrected chi connectivity index (χ4v) is 4.43. The molecule has 0 heterocycles. The zero-order valence-electron chi connectivity index (χ0n) is 18.5. The number of aliphatic hydroxyl groups excluding tert-OH is 1. The number of benzene rings is 2. The van der Waals surface area contributed by atoms with Crippen LogP contribution in [0.4, 0.5) is 0 Å². The number of unbranched alkanes of at least 4 members (excludes halogenated alkanes) is 1. The molecule has 0 radical (unpaired) electrons. The average molecular weight is 462 g/mol. The van der Waals surface area contributed by atoms with Crippen molar-refractivity contribution in [3.63, 3.8) is 0 Å². The molecule has 8 nitrogen and oxygen atoms in total. The summed E-state index contributed by atoms with van der Waals surface area (Å²) in [5, 5.41) is 9.33. The van der Waals surface area contributed by atoms with Gasteiger partial charge in [0.05, 0.1) is 4.90 Å². The van der Waals surface area contributed by atoms with Crippen LogP contribution in [0.25, 0.3) is 11.1 Å². The van der Waals surface area contributed by atoms with Gasteiger partial charge in [-0.3, -0.25) is 9.59 Å². The van der Waals surface area contributed by atoms with Crippen LogP contribution in [0, 0.1) is 0 Å². The fourth-order valence-electron chi connectivity index (χ4n) is 3.16. The van der Waals surface area contributed by atoms with Crippen LogP contribution in [0.5, 0.6) is 0 Å². The van der Waals surface area contributed by atoms with Crippen molar-refractivity contribution in [2.75, 3.05) is 13.1 Å². The van der Waals surface area contributed by atoms with Gasteiger partial charge in [-0.05, 0) is 30.5 Å². The maximum absolute atomic E-state index is 12.7. The van der Waals surface area contributed by atoms with E-state index in [0.29, 0.717) is 37.2 Å². The smallest absolute Gasteiger partial charge is 0.264 e. The largest absolute Gasteiger partial charge is 0.384 e. The molecule has 0 bridgehead atoms. The highest BCUT2D eigenvalue weighted by molar-refractivity contribution is 7.90. The van der Waals surface area contributed by atoms with Crippen LogP contribution in [0.2, 0.25) is 0 Å². The maximum atomic E-state index is 12.7. The predicted molar refractivity (Wildman–Crippen MR) is 123 cm³/mol. The van der Waals surface area contributed by atoms with Crippen molar-refractivity contribution in [1.82, 2.24) is 9.62 Å². The lowest BCUT2D eigenvalue weighted by Gasteiger charge is -2.22. The van der Waals surface area contributed by atoms with Gasteiger partial charge in [0.1, 0.15) is 6.10 Å². The van der Waals surface area contributed by atoms with Crippen molar-refractivity contribution < 1.29 is 23.1 Å². The molecule has 32 heavy (non-hydrogen) atoms. The van der Waals surface area contributed by atoms with E-state index in [1.54, 1.807) is 35.2 Å². The molecule has 2 aromatic rings. The van der Waals surface area contributed by atoms with Gasteiger partial charge in [-0.1, -0.05) is 55.8 Å². The summed E-state index contributed by atoms with van der Waals surface area (Å²) < 4.78 is 27.3. The van der Waals surface area contributed by atoms with Gasteiger partial charge in [-0.25, -0.2) is 13.1 Å². The highest BCUT2D eigenvalue weighted by Crippen LogP contribution is 2.27. The van der Waals surface area contributed by atoms with Crippen molar-refractivity contribution in [3.8, 4) is 11.1 Å². The van der Waals surface area contributed by atoms with Gasteiger partial charge in [0.25, 0.3) is 15.9 Å². The number of hydrogen-bond donors (Lipinski definition) is 3. The summed E-state index contributed by atoms with van der Waals surface area (Å²) in [6.45, 7) is 4.49. The first-order valence-corrected chi connectivity index (χ1v) is 12.1. The van der Waals surface area contributed by atoms with E-state index in [1.165, 1.54) is 13.0 Å². The van der Waals surface area contributed by atoms with E-state index in [2.05, 4.69) is 0 Å². The molecule has 2 aromatic carbocycles. The van der Waals surface area contributed by atoms with Crippen LogP contribution < -0.4 is 10.5 Å². The average Bonchev–Trinajstić information content (AvgIpc) is 2.77. The molecular weight excluding hydrogens is 430 g/mol. The molecule has 0 aromatic heterocycles. The lowest BCUT2D eigenvalue weighted by molar-refractivity contribution is -0.131. The van der Waals surface area contributed by atoms with Gasteiger partial charge in [0, 0.05) is 31.6 Å². The van der Waals surface area contributed by atoms with Crippen LogP contribution >= 0.6 is 0 Å². The van der Waals surface area contributed by atoms with E-state index >= 15 is 0 Å². The lowest BCUT2D eigenvalue weighted by Crippen LogP contribution is -2.37. The molecule has 2 rings (SSSR count). The van der Waals surface area contributed by atoms with Crippen molar-refractivity contribution in [3.05, 3.63) is 54.1 Å². The molecule has 2 amide bonds. The standard InChI is InChI=1S/C23H31N3O5S/c1-3-4-9-22(28)26(15-14-24)16-18-10-12-19(13-11-18)20-7-5-6-8-21(20)32(30,31)25-23(29)17(2)27/h5-8,10-13,17,27H,3-4,9,14-16,24H2,1-2H3,(H,25,29)/t17-/m0/s1. The molecule has 174 valence electrons. The van der Waals surface area contributed by atoms with Gasteiger partial charge in [0.2, 0.25) is 5.91 Å². The number of sulfonamides is 1. The highest BCUT2D eigenvalue weighted by Gasteiger charge is 2.23. The second-order valence-electron chi connectivity index (χ2n) is 7.55. The van der Waals surface area contributed by atoms with Gasteiger partial charge in [-0.15, -0.1) is 0 Å². The van der Waals surface area contributed by atoms with Crippen LogP contribution in [0.15, 0.2) is 53.4 Å². The number of amides is 2. The van der Waals surface area contributed by atoms with Crippen LogP contribution in [0.1, 0.15) is 38.7 Å². The number of nitrogens with two attached hydrogens (primary N) is 1. The van der Waals surface area contributed by atoms with Crippen LogP contribution in [-0.2, 0) is 26.2 Å². The lowest BCUT2D eigenvalue weighted by atomic mass is 10.0. The zero-order valence-corrected chi connectivity index (χ0v) is 19.3. The number of nitrogens with one attached hydrogen (secondary N) is 1. The van der Waals surface area contributed by atoms with Crippen molar-refractivity contribution in [2.24, 2.45) is 5.73 Å². The SMILES string of the molecule is CCCCC(=O)N(CCN)Cc1ccc(-c2ccccc2S(=O)(=O)NC(=O)[C@H](C)O)cc1. The summed E-state index contributed by atoms with van der Waals surface area (Å²) in [5.41, 5.74) is 7.62. The molecule has 0 spiro atoms. The molecule has 9 heteroatoms. The Labute approximate surface area is 189 Å². The van der Waals surface area contributed by atoms with Gasteiger partial charge >= 0.3 is 0 Å². The topological polar surface area (TPSA) is 130 Å². The number of aliphatic hydroxyl groups is 1. The van der Waals surface area contributed by atoms with Crippen molar-refractivity contribution in [1.29, 1.82) is 0 Å². The second-order valence-corrected chi connectivity index (χ2v) is 9.20. The minimum atomic E-state index is -4.17. The molecule has 0 fully saturated rings. The first-order chi connectivity index (χ1) is 15.2.